The van der Waals surface area contributed by atoms with Crippen molar-refractivity contribution in [2.45, 2.75) is 98.0 Å². The molecule has 0 spiro atoms. The molecule has 5 heteroatoms. The van der Waals surface area contributed by atoms with Crippen molar-refractivity contribution in [1.82, 2.24) is 4.98 Å². The normalized spacial score (nSPS) is 14.1. The molecular formula is C37H48GeIrNO2-. The maximum absolute atomic E-state index is 11.7. The van der Waals surface area contributed by atoms with Gasteiger partial charge < -0.3 is 5.11 Å². The number of ketones is 1. The largest absolute Gasteiger partial charge is 0 e. The molecule has 1 aliphatic heterocycles. The maximum Gasteiger partial charge on any atom is 0 e. The first-order chi connectivity index (χ1) is 19.3. The van der Waals surface area contributed by atoms with Gasteiger partial charge in [0.2, 0.25) is 0 Å². The van der Waals surface area contributed by atoms with Gasteiger partial charge in [0, 0.05) is 38.0 Å². The number of aryl methyl sites for hydroxylation is 1. The van der Waals surface area contributed by atoms with E-state index in [4.69, 9.17) is 4.98 Å². The Labute approximate surface area is 269 Å². The van der Waals surface area contributed by atoms with Crippen LogP contribution in [-0.2, 0) is 30.3 Å². The molecule has 0 amide bonds. The summed E-state index contributed by atoms with van der Waals surface area (Å²) in [6.45, 7) is 17.2. The Hall–Kier alpha value is -2.01. The second kappa shape index (κ2) is 13.3. The zero-order valence-electron chi connectivity index (χ0n) is 27.2. The summed E-state index contributed by atoms with van der Waals surface area (Å²) < 4.78 is 3.21. The summed E-state index contributed by atoms with van der Waals surface area (Å²) in [6, 6.07) is 15.2. The van der Waals surface area contributed by atoms with Gasteiger partial charge in [-0.15, -0.1) is 0 Å². The first-order valence-corrected chi connectivity index (χ1v) is 21.8. The van der Waals surface area contributed by atoms with Crippen LogP contribution in [0.2, 0.25) is 11.5 Å². The van der Waals surface area contributed by atoms with E-state index in [1.165, 1.54) is 44.1 Å². The fraction of sp³-hybridized carbons (Fsp3) is 0.459. The van der Waals surface area contributed by atoms with E-state index in [-0.39, 0.29) is 48.9 Å². The maximum atomic E-state index is 11.7. The van der Waals surface area contributed by atoms with Crippen LogP contribution < -0.4 is 8.79 Å². The van der Waals surface area contributed by atoms with Crippen molar-refractivity contribution < 1.29 is 30.0 Å². The van der Waals surface area contributed by atoms with Gasteiger partial charge in [0.15, 0.2) is 5.78 Å². The van der Waals surface area contributed by atoms with Gasteiger partial charge in [0.05, 0.1) is 5.76 Å². The van der Waals surface area contributed by atoms with Crippen LogP contribution in [0.1, 0.15) is 85.3 Å². The molecule has 1 aliphatic rings. The van der Waals surface area contributed by atoms with Crippen molar-refractivity contribution in [3.8, 4) is 0 Å². The molecule has 3 nitrogen and oxygen atoms in total. The SMILES string of the molecule is CCC(CC)C(=O)/C=C(\O)C(CC)CC.Cc1c[c-]c2c(c1)c1cc(C(C)(C)C)c[c]3c1c1[c](ccnc21)[Ge]3([CH3])[CH3].[Ir]. The number of carbonyl (C=O) groups is 1. The van der Waals surface area contributed by atoms with Gasteiger partial charge in [-0.25, -0.2) is 0 Å². The van der Waals surface area contributed by atoms with Crippen LogP contribution in [0.25, 0.3) is 32.4 Å². The quantitative estimate of drug-likeness (QED) is 0.0668. The molecule has 3 aromatic carbocycles. The Morgan fingerprint density at radius 1 is 0.952 bits per heavy atom. The van der Waals surface area contributed by atoms with Crippen molar-refractivity contribution >= 4 is 60.3 Å². The topological polar surface area (TPSA) is 50.2 Å². The Kier molecular flexibility index (Phi) is 10.9. The molecule has 1 aromatic heterocycles. The number of hydrogen-bond acceptors (Lipinski definition) is 3. The standard InChI is InChI=1S/C24H24GeN.C13H24O2.Ir/c1-14-7-8-16-17(11-14)18-12-15(24(2,3)4)13-20-21(18)22-19(25(20,5)6)9-10-26-23(16)22;1-5-10(6-2)12(14)9-13(15)11(7-3)8-4;/h7,9-13H,1-6H3;9-11,14H,5-8H2,1-4H3;/q-1;;/b;12-9-;. The van der Waals surface area contributed by atoms with E-state index in [9.17, 15) is 9.90 Å². The van der Waals surface area contributed by atoms with Crippen molar-refractivity contribution in [2.75, 3.05) is 0 Å². The van der Waals surface area contributed by atoms with Gasteiger partial charge in [0.1, 0.15) is 0 Å². The number of rotatable bonds is 7. The number of allylic oxidation sites excluding steroid dienone is 2. The van der Waals surface area contributed by atoms with Crippen LogP contribution in [0.5, 0.6) is 0 Å². The van der Waals surface area contributed by atoms with E-state index in [1.807, 2.05) is 33.9 Å². The van der Waals surface area contributed by atoms with Crippen molar-refractivity contribution in [1.29, 1.82) is 0 Å². The second-order valence-electron chi connectivity index (χ2n) is 13.4. The second-order valence-corrected chi connectivity index (χ2v) is 22.4. The molecule has 0 fully saturated rings. The van der Waals surface area contributed by atoms with Crippen LogP contribution in [-0.4, -0.2) is 29.1 Å². The minimum atomic E-state index is -2.32. The van der Waals surface area contributed by atoms with Gasteiger partial charge >= 0.3 is 158 Å². The van der Waals surface area contributed by atoms with E-state index >= 15 is 0 Å². The summed E-state index contributed by atoms with van der Waals surface area (Å²) in [5.74, 6) is 5.62. The Morgan fingerprint density at radius 2 is 1.57 bits per heavy atom. The molecule has 0 bridgehead atoms. The molecule has 0 saturated carbocycles. The predicted octanol–water partition coefficient (Wildman–Crippen LogP) is 8.95. The van der Waals surface area contributed by atoms with Crippen molar-refractivity contribution in [3.05, 3.63) is 65.6 Å². The molecule has 0 unspecified atom stereocenters. The minimum absolute atomic E-state index is 0. The summed E-state index contributed by atoms with van der Waals surface area (Å²) in [5, 5.41) is 16.5. The molecule has 227 valence electrons. The predicted molar refractivity (Wildman–Crippen MR) is 180 cm³/mol. The molecule has 0 saturated heterocycles. The molecule has 4 aromatic rings. The van der Waals surface area contributed by atoms with E-state index in [2.05, 4.69) is 75.6 Å². The van der Waals surface area contributed by atoms with Gasteiger partial charge in [-0.3, -0.25) is 4.79 Å². The minimum Gasteiger partial charge on any atom is 0 e. The third kappa shape index (κ3) is 6.28. The monoisotopic (exact) mass is 805 g/mol. The zero-order chi connectivity index (χ0) is 30.3. The first kappa shape index (κ1) is 34.5. The summed E-state index contributed by atoms with van der Waals surface area (Å²) in [5.41, 5.74) is 4.00. The molecule has 0 atom stereocenters. The number of aliphatic hydroxyl groups excluding tert-OH is 1. The molecule has 1 radical (unpaired) electrons. The summed E-state index contributed by atoms with van der Waals surface area (Å²) in [4.78, 5) is 16.5. The van der Waals surface area contributed by atoms with Gasteiger partial charge in [0.25, 0.3) is 0 Å². The number of aromatic nitrogens is 1. The summed E-state index contributed by atoms with van der Waals surface area (Å²) >= 11 is -2.32. The Bertz CT molecular complexity index is 1640. The molecule has 42 heavy (non-hydrogen) atoms. The van der Waals surface area contributed by atoms with E-state index in [0.717, 1.165) is 31.2 Å². The van der Waals surface area contributed by atoms with Crippen molar-refractivity contribution in [2.24, 2.45) is 11.8 Å². The first-order valence-electron chi connectivity index (χ1n) is 15.5. The molecule has 2 heterocycles. The summed E-state index contributed by atoms with van der Waals surface area (Å²) in [7, 11) is 0. The number of nitrogens with zero attached hydrogens (tertiary/aromatic N) is 1. The third-order valence-electron chi connectivity index (χ3n) is 9.25. The fourth-order valence-electron chi connectivity index (χ4n) is 6.41. The summed E-state index contributed by atoms with van der Waals surface area (Å²) in [6.07, 6.45) is 6.92. The molecule has 5 rings (SSSR count). The van der Waals surface area contributed by atoms with E-state index < -0.39 is 13.3 Å². The third-order valence-corrected chi connectivity index (χ3v) is 16.6. The average Bonchev–Trinajstić information content (AvgIpc) is 3.16. The van der Waals surface area contributed by atoms with Crippen molar-refractivity contribution in [3.63, 3.8) is 0 Å². The van der Waals surface area contributed by atoms with Crippen LogP contribution in [0.15, 0.2) is 48.4 Å². The van der Waals surface area contributed by atoms with Crippen LogP contribution in [0, 0.1) is 24.8 Å². The fourth-order valence-corrected chi connectivity index (χ4v) is 12.8. The van der Waals surface area contributed by atoms with Crippen LogP contribution in [0.4, 0.5) is 0 Å². The smallest absolute Gasteiger partial charge is 0 e. The van der Waals surface area contributed by atoms with Gasteiger partial charge in [-0.1, -0.05) is 27.7 Å². The molecule has 0 aliphatic carbocycles. The van der Waals surface area contributed by atoms with Gasteiger partial charge in [-0.2, -0.15) is 0 Å². The Morgan fingerprint density at radius 3 is 2.14 bits per heavy atom. The molecule has 1 N–H and O–H groups in total. The number of benzene rings is 3. The number of pyridine rings is 1. The number of fused-ring (bicyclic) bond motifs is 3. The van der Waals surface area contributed by atoms with Crippen LogP contribution >= 0.6 is 0 Å². The zero-order valence-corrected chi connectivity index (χ0v) is 31.7. The van der Waals surface area contributed by atoms with E-state index in [1.54, 1.807) is 8.79 Å². The average molecular weight is 804 g/mol. The van der Waals surface area contributed by atoms with Gasteiger partial charge in [-0.05, 0) is 25.7 Å². The van der Waals surface area contributed by atoms with Crippen LogP contribution in [0.3, 0.4) is 0 Å². The Balaban J connectivity index is 0.000000263. The molecular weight excluding hydrogens is 755 g/mol. The number of carbonyl (C=O) groups excluding carboxylic acids is 1. The number of aliphatic hydroxyl groups is 1. The number of hydrogen-bond donors (Lipinski definition) is 1. The van der Waals surface area contributed by atoms with E-state index in [0.29, 0.717) is 0 Å².